The fraction of sp³-hybridized carbons (Fsp3) is 0.480. The van der Waals surface area contributed by atoms with Crippen molar-refractivity contribution in [2.75, 3.05) is 53.5 Å². The number of rotatable bonds is 9. The summed E-state index contributed by atoms with van der Waals surface area (Å²) in [6, 6.07) is 9.63. The maximum absolute atomic E-state index is 12.6. The lowest BCUT2D eigenvalue weighted by Crippen LogP contribution is -2.46. The zero-order chi connectivity index (χ0) is 24.0. The molecule has 0 spiro atoms. The summed E-state index contributed by atoms with van der Waals surface area (Å²) in [5.41, 5.74) is 1.86. The summed E-state index contributed by atoms with van der Waals surface area (Å²) >= 11 is 0. The van der Waals surface area contributed by atoms with Crippen LogP contribution in [0.2, 0.25) is 0 Å². The van der Waals surface area contributed by atoms with E-state index in [-0.39, 0.29) is 11.9 Å². The number of hydrogen-bond acceptors (Lipinski definition) is 7. The minimum atomic E-state index is 0.0160. The number of likely N-dealkylation sites (tertiary alicyclic amines) is 1. The van der Waals surface area contributed by atoms with Crippen LogP contribution < -0.4 is 28.6 Å². The smallest absolute Gasteiger partial charge is 0.224 e. The van der Waals surface area contributed by atoms with Crippen molar-refractivity contribution in [2.45, 2.75) is 32.4 Å². The van der Waals surface area contributed by atoms with E-state index in [1.807, 2.05) is 35.2 Å². The first-order valence-electron chi connectivity index (χ1n) is 11.0. The number of methoxy groups -OCH3 is 5. The first-order chi connectivity index (χ1) is 16.0. The van der Waals surface area contributed by atoms with Gasteiger partial charge in [-0.05, 0) is 31.0 Å². The molecule has 1 aliphatic heterocycles. The minimum Gasteiger partial charge on any atom is -0.493 e. The van der Waals surface area contributed by atoms with E-state index in [1.54, 1.807) is 42.5 Å². The van der Waals surface area contributed by atoms with Gasteiger partial charge in [0.2, 0.25) is 11.7 Å². The molecule has 2 aromatic rings. The summed E-state index contributed by atoms with van der Waals surface area (Å²) in [5.74, 6) is 3.20. The van der Waals surface area contributed by atoms with Crippen LogP contribution in [0.3, 0.4) is 0 Å². The molecule has 3 rings (SSSR count). The minimum absolute atomic E-state index is 0.0160. The lowest BCUT2D eigenvalue weighted by molar-refractivity contribution is -0.117. The molecule has 1 fully saturated rings. The molecule has 8 nitrogen and oxygen atoms in total. The maximum Gasteiger partial charge on any atom is 0.224 e. The van der Waals surface area contributed by atoms with E-state index < -0.39 is 0 Å². The fourth-order valence-corrected chi connectivity index (χ4v) is 4.49. The molecule has 0 unspecified atom stereocenters. The summed E-state index contributed by atoms with van der Waals surface area (Å²) in [4.78, 5) is 16.8. The number of amides is 1. The average molecular weight is 459 g/mol. The van der Waals surface area contributed by atoms with Crippen molar-refractivity contribution in [3.05, 3.63) is 35.9 Å². The van der Waals surface area contributed by atoms with E-state index >= 15 is 0 Å². The van der Waals surface area contributed by atoms with Crippen LogP contribution in [0.4, 0.5) is 5.69 Å². The highest BCUT2D eigenvalue weighted by Crippen LogP contribution is 2.40. The topological polar surface area (TPSA) is 69.7 Å². The van der Waals surface area contributed by atoms with Crippen molar-refractivity contribution in [2.24, 2.45) is 0 Å². The van der Waals surface area contributed by atoms with Gasteiger partial charge in [-0.15, -0.1) is 0 Å². The van der Waals surface area contributed by atoms with Crippen LogP contribution in [0.25, 0.3) is 0 Å². The van der Waals surface area contributed by atoms with Gasteiger partial charge < -0.3 is 28.6 Å². The second-order valence-electron chi connectivity index (χ2n) is 7.93. The molecule has 1 saturated heterocycles. The summed E-state index contributed by atoms with van der Waals surface area (Å²) in [5, 5.41) is 0. The van der Waals surface area contributed by atoms with E-state index in [1.165, 1.54) is 0 Å². The first-order valence-corrected chi connectivity index (χ1v) is 11.0. The number of ether oxygens (including phenoxy) is 5. The Bertz CT molecular complexity index is 956. The molecule has 33 heavy (non-hydrogen) atoms. The van der Waals surface area contributed by atoms with E-state index in [0.717, 1.165) is 43.7 Å². The van der Waals surface area contributed by atoms with Gasteiger partial charge in [0.15, 0.2) is 23.0 Å². The molecule has 2 aromatic carbocycles. The molecule has 0 N–H and O–H groups in total. The Kier molecular flexibility index (Phi) is 8.27. The third-order valence-corrected chi connectivity index (χ3v) is 6.09. The van der Waals surface area contributed by atoms with E-state index in [9.17, 15) is 4.79 Å². The van der Waals surface area contributed by atoms with Gasteiger partial charge in [0.25, 0.3) is 0 Å². The van der Waals surface area contributed by atoms with Crippen molar-refractivity contribution in [1.29, 1.82) is 0 Å². The molecule has 8 heteroatoms. The summed E-state index contributed by atoms with van der Waals surface area (Å²) in [6.45, 7) is 4.06. The van der Waals surface area contributed by atoms with Gasteiger partial charge in [0.05, 0.1) is 35.5 Å². The molecule has 0 radical (unpaired) electrons. The third kappa shape index (κ3) is 5.27. The number of nitrogens with zero attached hydrogens (tertiary/aromatic N) is 2. The fourth-order valence-electron chi connectivity index (χ4n) is 4.49. The quantitative estimate of drug-likeness (QED) is 0.567. The largest absolute Gasteiger partial charge is 0.493 e. The third-order valence-electron chi connectivity index (χ3n) is 6.09. The molecule has 1 aliphatic rings. The Morgan fingerprint density at radius 3 is 2.00 bits per heavy atom. The number of piperidine rings is 1. The highest BCUT2D eigenvalue weighted by molar-refractivity contribution is 5.92. The van der Waals surface area contributed by atoms with Crippen LogP contribution in [0.5, 0.6) is 28.7 Å². The molecule has 1 heterocycles. The Labute approximate surface area is 195 Å². The zero-order valence-corrected chi connectivity index (χ0v) is 20.3. The van der Waals surface area contributed by atoms with Gasteiger partial charge in [0.1, 0.15) is 0 Å². The van der Waals surface area contributed by atoms with Gasteiger partial charge >= 0.3 is 0 Å². The Morgan fingerprint density at radius 2 is 1.45 bits per heavy atom. The number of anilines is 1. The van der Waals surface area contributed by atoms with Crippen LogP contribution >= 0.6 is 0 Å². The Hall–Kier alpha value is -3.13. The van der Waals surface area contributed by atoms with Crippen molar-refractivity contribution in [3.63, 3.8) is 0 Å². The van der Waals surface area contributed by atoms with Crippen LogP contribution in [0.1, 0.15) is 25.3 Å². The normalized spacial score (nSPS) is 14.5. The van der Waals surface area contributed by atoms with E-state index in [2.05, 4.69) is 4.90 Å². The lowest BCUT2D eigenvalue weighted by Gasteiger charge is -2.38. The Morgan fingerprint density at radius 1 is 0.848 bits per heavy atom. The first kappa shape index (κ1) is 24.5. The molecular formula is C25H34N2O6. The van der Waals surface area contributed by atoms with Crippen molar-refractivity contribution < 1.29 is 28.5 Å². The van der Waals surface area contributed by atoms with Crippen LogP contribution in [0, 0.1) is 0 Å². The highest BCUT2D eigenvalue weighted by Gasteiger charge is 2.29. The lowest BCUT2D eigenvalue weighted by atomic mass is 10.0. The monoisotopic (exact) mass is 458 g/mol. The van der Waals surface area contributed by atoms with E-state index in [0.29, 0.717) is 28.7 Å². The molecule has 0 aliphatic carbocycles. The Balaban J connectivity index is 1.73. The summed E-state index contributed by atoms with van der Waals surface area (Å²) < 4.78 is 27.3. The SMILES string of the molecule is COc1ccc(N(C(C)=O)C2CCN(Cc3ccc(OC)c(OC)c3OC)CC2)cc1OC. The summed E-state index contributed by atoms with van der Waals surface area (Å²) in [6.07, 6.45) is 1.73. The summed E-state index contributed by atoms with van der Waals surface area (Å²) in [7, 11) is 8.06. The second-order valence-corrected chi connectivity index (χ2v) is 7.93. The van der Waals surface area contributed by atoms with Gasteiger partial charge in [-0.3, -0.25) is 9.69 Å². The number of carbonyl (C=O) groups is 1. The molecule has 180 valence electrons. The van der Waals surface area contributed by atoms with E-state index in [4.69, 9.17) is 23.7 Å². The number of benzene rings is 2. The average Bonchev–Trinajstić information content (AvgIpc) is 2.84. The predicted molar refractivity (Wildman–Crippen MR) is 127 cm³/mol. The standard InChI is InChI=1S/C25H34N2O6/c1-17(28)27(20-8-10-21(29-2)23(15-20)31-4)19-11-13-26(14-12-19)16-18-7-9-22(30-3)25(33-6)24(18)32-5/h7-10,15,19H,11-14,16H2,1-6H3. The molecule has 0 bridgehead atoms. The van der Waals surface area contributed by atoms with Crippen LogP contribution in [0.15, 0.2) is 30.3 Å². The zero-order valence-electron chi connectivity index (χ0n) is 20.3. The number of carbonyl (C=O) groups excluding carboxylic acids is 1. The van der Waals surface area contributed by atoms with Gasteiger partial charge in [-0.1, -0.05) is 6.07 Å². The molecule has 0 saturated carbocycles. The van der Waals surface area contributed by atoms with Crippen LogP contribution in [-0.4, -0.2) is 65.5 Å². The molecule has 0 atom stereocenters. The number of hydrogen-bond donors (Lipinski definition) is 0. The second kappa shape index (κ2) is 11.1. The maximum atomic E-state index is 12.6. The van der Waals surface area contributed by atoms with Crippen LogP contribution in [-0.2, 0) is 11.3 Å². The predicted octanol–water partition coefficient (Wildman–Crippen LogP) is 3.75. The van der Waals surface area contributed by atoms with Crippen molar-refractivity contribution in [3.8, 4) is 28.7 Å². The van der Waals surface area contributed by atoms with Gasteiger partial charge in [-0.25, -0.2) is 0 Å². The van der Waals surface area contributed by atoms with Crippen molar-refractivity contribution >= 4 is 11.6 Å². The molecule has 1 amide bonds. The molecule has 0 aromatic heterocycles. The van der Waals surface area contributed by atoms with Gasteiger partial charge in [0, 0.05) is 49.9 Å². The highest BCUT2D eigenvalue weighted by atomic mass is 16.5. The molecular weight excluding hydrogens is 424 g/mol. The van der Waals surface area contributed by atoms with Gasteiger partial charge in [-0.2, -0.15) is 0 Å². The van der Waals surface area contributed by atoms with Crippen molar-refractivity contribution in [1.82, 2.24) is 4.90 Å².